The van der Waals surface area contributed by atoms with Crippen molar-refractivity contribution in [2.75, 3.05) is 0 Å². The number of benzene rings is 1. The SMILES string of the molecule is NC(N)=NC(=O)Cc1c2cc(F)c(F)cc2c(O)n1CC(F)(F)F. The van der Waals surface area contributed by atoms with Gasteiger partial charge in [0.15, 0.2) is 23.5 Å². The monoisotopic (exact) mass is 350 g/mol. The van der Waals surface area contributed by atoms with Crippen molar-refractivity contribution in [2.45, 2.75) is 19.1 Å². The van der Waals surface area contributed by atoms with E-state index in [1.54, 1.807) is 0 Å². The summed E-state index contributed by atoms with van der Waals surface area (Å²) in [6.07, 6.45) is -5.51. The number of hydrogen-bond acceptors (Lipinski definition) is 2. The number of halogens is 5. The summed E-state index contributed by atoms with van der Waals surface area (Å²) in [4.78, 5) is 14.8. The Morgan fingerprint density at radius 2 is 1.71 bits per heavy atom. The van der Waals surface area contributed by atoms with E-state index in [0.717, 1.165) is 0 Å². The van der Waals surface area contributed by atoms with Gasteiger partial charge in [-0.25, -0.2) is 8.78 Å². The molecule has 0 atom stereocenters. The first-order valence-corrected chi connectivity index (χ1v) is 6.38. The van der Waals surface area contributed by atoms with Crippen molar-refractivity contribution in [3.63, 3.8) is 0 Å². The predicted molar refractivity (Wildman–Crippen MR) is 74.1 cm³/mol. The maximum atomic E-state index is 13.4. The smallest absolute Gasteiger partial charge is 0.406 e. The fraction of sp³-hybridized carbons (Fsp3) is 0.231. The van der Waals surface area contributed by atoms with Gasteiger partial charge in [-0.15, -0.1) is 0 Å². The third-order valence-electron chi connectivity index (χ3n) is 3.10. The van der Waals surface area contributed by atoms with Crippen molar-refractivity contribution in [1.82, 2.24) is 4.57 Å². The van der Waals surface area contributed by atoms with Crippen LogP contribution in [0.1, 0.15) is 5.69 Å². The van der Waals surface area contributed by atoms with Crippen LogP contribution in [0.25, 0.3) is 10.8 Å². The van der Waals surface area contributed by atoms with Crippen molar-refractivity contribution in [2.24, 2.45) is 16.5 Å². The summed E-state index contributed by atoms with van der Waals surface area (Å²) in [5.74, 6) is -5.28. The second kappa shape index (κ2) is 5.98. The lowest BCUT2D eigenvalue weighted by Crippen LogP contribution is -2.25. The lowest BCUT2D eigenvalue weighted by molar-refractivity contribution is -0.142. The van der Waals surface area contributed by atoms with Crippen molar-refractivity contribution in [1.29, 1.82) is 0 Å². The molecule has 0 spiro atoms. The molecular weight excluding hydrogens is 339 g/mol. The van der Waals surface area contributed by atoms with Gasteiger partial charge < -0.3 is 21.1 Å². The summed E-state index contributed by atoms with van der Waals surface area (Å²) < 4.78 is 65.2. The van der Waals surface area contributed by atoms with Crippen LogP contribution in [0.2, 0.25) is 0 Å². The highest BCUT2D eigenvalue weighted by molar-refractivity contribution is 5.97. The van der Waals surface area contributed by atoms with Gasteiger partial charge >= 0.3 is 6.18 Å². The van der Waals surface area contributed by atoms with Crippen molar-refractivity contribution >= 4 is 22.6 Å². The van der Waals surface area contributed by atoms with Crippen LogP contribution in [0.3, 0.4) is 0 Å². The lowest BCUT2D eigenvalue weighted by atomic mass is 10.1. The molecule has 24 heavy (non-hydrogen) atoms. The fourth-order valence-electron chi connectivity index (χ4n) is 2.26. The number of rotatable bonds is 3. The number of nitrogens with two attached hydrogens (primary N) is 2. The van der Waals surface area contributed by atoms with Crippen LogP contribution >= 0.6 is 0 Å². The van der Waals surface area contributed by atoms with Gasteiger partial charge in [0.2, 0.25) is 0 Å². The van der Waals surface area contributed by atoms with Crippen molar-refractivity contribution in [3.05, 3.63) is 29.5 Å². The molecule has 5 N–H and O–H groups in total. The number of carbonyl (C=O) groups is 1. The highest BCUT2D eigenvalue weighted by atomic mass is 19.4. The van der Waals surface area contributed by atoms with Gasteiger partial charge in [-0.1, -0.05) is 0 Å². The number of nitrogens with zero attached hydrogens (tertiary/aromatic N) is 2. The first-order chi connectivity index (χ1) is 11.0. The van der Waals surface area contributed by atoms with Gasteiger partial charge in [0.25, 0.3) is 5.91 Å². The maximum absolute atomic E-state index is 13.4. The molecule has 0 bridgehead atoms. The number of aromatic hydroxyl groups is 1. The highest BCUT2D eigenvalue weighted by Gasteiger charge is 2.32. The number of hydrogen-bond donors (Lipinski definition) is 3. The van der Waals surface area contributed by atoms with E-state index in [4.69, 9.17) is 11.5 Å². The van der Waals surface area contributed by atoms with Crippen LogP contribution in [-0.4, -0.2) is 27.7 Å². The van der Waals surface area contributed by atoms with E-state index in [2.05, 4.69) is 4.99 Å². The molecule has 2 aromatic rings. The van der Waals surface area contributed by atoms with Gasteiger partial charge in [0.1, 0.15) is 6.54 Å². The topological polar surface area (TPSA) is 107 Å². The molecule has 0 radical (unpaired) electrons. The molecule has 1 aromatic carbocycles. The quantitative estimate of drug-likeness (QED) is 0.443. The van der Waals surface area contributed by atoms with E-state index >= 15 is 0 Å². The zero-order valence-electron chi connectivity index (χ0n) is 11.9. The normalized spacial score (nSPS) is 11.7. The van der Waals surface area contributed by atoms with Crippen molar-refractivity contribution < 1.29 is 31.9 Å². The molecule has 0 aliphatic rings. The second-order valence-corrected chi connectivity index (χ2v) is 4.89. The van der Waals surface area contributed by atoms with Gasteiger partial charge in [-0.2, -0.15) is 18.2 Å². The predicted octanol–water partition coefficient (Wildman–Crippen LogP) is 1.53. The Balaban J connectivity index is 2.68. The summed E-state index contributed by atoms with van der Waals surface area (Å²) >= 11 is 0. The molecule has 1 amide bonds. The summed E-state index contributed by atoms with van der Waals surface area (Å²) in [5.41, 5.74) is 9.62. The maximum Gasteiger partial charge on any atom is 0.406 e. The fourth-order valence-corrected chi connectivity index (χ4v) is 2.26. The number of guanidine groups is 1. The highest BCUT2D eigenvalue weighted by Crippen LogP contribution is 2.35. The zero-order valence-corrected chi connectivity index (χ0v) is 11.9. The number of amides is 1. The molecule has 0 aliphatic heterocycles. The van der Waals surface area contributed by atoms with Crippen LogP contribution in [0.15, 0.2) is 17.1 Å². The average molecular weight is 350 g/mol. The third kappa shape index (κ3) is 3.55. The Morgan fingerprint density at radius 1 is 1.17 bits per heavy atom. The lowest BCUT2D eigenvalue weighted by Gasteiger charge is -2.12. The molecule has 0 aliphatic carbocycles. The molecule has 130 valence electrons. The summed E-state index contributed by atoms with van der Waals surface area (Å²) in [6, 6.07) is 1.14. The van der Waals surface area contributed by atoms with Crippen LogP contribution in [0, 0.1) is 11.6 Å². The Bertz CT molecular complexity index is 837. The van der Waals surface area contributed by atoms with E-state index in [1.807, 2.05) is 0 Å². The number of alkyl halides is 3. The van der Waals surface area contributed by atoms with Crippen LogP contribution in [0.4, 0.5) is 22.0 Å². The van der Waals surface area contributed by atoms with E-state index < -0.39 is 54.2 Å². The summed E-state index contributed by atoms with van der Waals surface area (Å²) in [5, 5.41) is 9.30. The molecule has 0 saturated heterocycles. The Kier molecular flexibility index (Phi) is 4.36. The standard InChI is InChI=1S/C13H11F5N4O2/c14-7-1-5-6(2-8(7)15)11(24)22(4-13(16,17)18)9(5)3-10(23)21-12(19)20/h1-2,24H,3-4H2,(H4,19,20,21,23). The Morgan fingerprint density at radius 3 is 2.21 bits per heavy atom. The Labute approximate surface area is 131 Å². The van der Waals surface area contributed by atoms with Gasteiger partial charge in [-0.05, 0) is 12.1 Å². The van der Waals surface area contributed by atoms with Crippen LogP contribution < -0.4 is 11.5 Å². The molecule has 0 unspecified atom stereocenters. The molecular formula is C13H11F5N4O2. The van der Waals surface area contributed by atoms with Crippen LogP contribution in [-0.2, 0) is 17.8 Å². The minimum Gasteiger partial charge on any atom is -0.494 e. The minimum absolute atomic E-state index is 0.255. The average Bonchev–Trinajstić information content (AvgIpc) is 2.63. The first kappa shape index (κ1) is 17.5. The number of carbonyl (C=O) groups excluding carboxylic acids is 1. The zero-order chi connectivity index (χ0) is 18.2. The molecule has 0 fully saturated rings. The molecule has 0 saturated carbocycles. The third-order valence-corrected chi connectivity index (χ3v) is 3.10. The summed E-state index contributed by atoms with van der Waals surface area (Å²) in [7, 11) is 0. The van der Waals surface area contributed by atoms with E-state index in [0.29, 0.717) is 16.7 Å². The van der Waals surface area contributed by atoms with Crippen LogP contribution in [0.5, 0.6) is 5.88 Å². The molecule has 1 aromatic heterocycles. The van der Waals surface area contributed by atoms with Crippen molar-refractivity contribution in [3.8, 4) is 5.88 Å². The van der Waals surface area contributed by atoms with E-state index in [-0.39, 0.29) is 10.8 Å². The summed E-state index contributed by atoms with van der Waals surface area (Å²) in [6.45, 7) is -1.67. The van der Waals surface area contributed by atoms with Gasteiger partial charge in [0, 0.05) is 16.5 Å². The minimum atomic E-state index is -4.75. The molecule has 6 nitrogen and oxygen atoms in total. The Hall–Kier alpha value is -2.85. The largest absolute Gasteiger partial charge is 0.494 e. The van der Waals surface area contributed by atoms with Gasteiger partial charge in [0.05, 0.1) is 6.42 Å². The molecule has 2 rings (SSSR count). The number of fused-ring (bicyclic) bond motifs is 1. The van der Waals surface area contributed by atoms with Gasteiger partial charge in [-0.3, -0.25) is 4.79 Å². The van der Waals surface area contributed by atoms with E-state index in [9.17, 15) is 31.9 Å². The number of aromatic nitrogens is 1. The second-order valence-electron chi connectivity index (χ2n) is 4.89. The molecule has 1 heterocycles. The molecule has 11 heteroatoms. The first-order valence-electron chi connectivity index (χ1n) is 6.38. The van der Waals surface area contributed by atoms with E-state index in [1.165, 1.54) is 0 Å². The number of aliphatic imine (C=N–C) groups is 1.